The number of likely N-dealkylation sites (N-methyl/N-ethyl adjacent to an activating group) is 1. The van der Waals surface area contributed by atoms with Crippen molar-refractivity contribution >= 4 is 0 Å². The van der Waals surface area contributed by atoms with Crippen LogP contribution in [0, 0.1) is 5.92 Å². The summed E-state index contributed by atoms with van der Waals surface area (Å²) >= 11 is 0. The minimum atomic E-state index is 0.471. The molecule has 66 valence electrons. The third kappa shape index (κ3) is 2.17. The average Bonchev–Trinajstić information content (AvgIpc) is 2.04. The van der Waals surface area contributed by atoms with Crippen molar-refractivity contribution in [2.75, 3.05) is 27.2 Å². The Balaban J connectivity index is 2.41. The smallest absolute Gasteiger partial charge is 0.0726 e. The summed E-state index contributed by atoms with van der Waals surface area (Å²) in [6.45, 7) is 4.59. The third-order valence-electron chi connectivity index (χ3n) is 2.73. The zero-order valence-electron chi connectivity index (χ0n) is 7.84. The second-order valence-corrected chi connectivity index (χ2v) is 3.49. The number of ether oxygens (including phenoxy) is 1. The number of likely N-dealkylation sites (tertiary alicyclic amines) is 1. The molecule has 1 fully saturated rings. The van der Waals surface area contributed by atoms with E-state index in [1.807, 2.05) is 7.11 Å². The summed E-state index contributed by atoms with van der Waals surface area (Å²) in [6, 6.07) is 0. The highest BCUT2D eigenvalue weighted by atomic mass is 16.5. The van der Waals surface area contributed by atoms with Gasteiger partial charge in [0.25, 0.3) is 0 Å². The summed E-state index contributed by atoms with van der Waals surface area (Å²) in [5, 5.41) is 0. The van der Waals surface area contributed by atoms with Gasteiger partial charge in [0.15, 0.2) is 0 Å². The van der Waals surface area contributed by atoms with Crippen LogP contribution < -0.4 is 0 Å². The Bertz CT molecular complexity index is 116. The molecular weight excluding hydrogens is 138 g/mol. The van der Waals surface area contributed by atoms with Crippen molar-refractivity contribution in [1.29, 1.82) is 0 Å². The Kier molecular flexibility index (Phi) is 3.34. The maximum atomic E-state index is 5.42. The number of methoxy groups -OCH3 is 1. The van der Waals surface area contributed by atoms with Gasteiger partial charge in [-0.15, -0.1) is 0 Å². The van der Waals surface area contributed by atoms with E-state index in [0.717, 1.165) is 12.5 Å². The van der Waals surface area contributed by atoms with Gasteiger partial charge in [-0.2, -0.15) is 0 Å². The van der Waals surface area contributed by atoms with Crippen LogP contribution in [0.15, 0.2) is 0 Å². The molecule has 11 heavy (non-hydrogen) atoms. The van der Waals surface area contributed by atoms with Crippen molar-refractivity contribution in [2.45, 2.75) is 25.9 Å². The summed E-state index contributed by atoms with van der Waals surface area (Å²) in [5.41, 5.74) is 0. The minimum absolute atomic E-state index is 0.471. The van der Waals surface area contributed by atoms with E-state index in [1.165, 1.54) is 19.4 Å². The number of hydrogen-bond acceptors (Lipinski definition) is 2. The molecule has 2 nitrogen and oxygen atoms in total. The van der Waals surface area contributed by atoms with Crippen LogP contribution in [0.4, 0.5) is 0 Å². The maximum absolute atomic E-state index is 5.42. The summed E-state index contributed by atoms with van der Waals surface area (Å²) in [7, 11) is 3.99. The Morgan fingerprint density at radius 2 is 2.27 bits per heavy atom. The Hall–Kier alpha value is -0.0800. The highest BCUT2D eigenvalue weighted by Crippen LogP contribution is 2.21. The standard InChI is InChI=1S/C9H19NO/c1-4-8-5-6-10(2)7-9(8)11-3/h8-9H,4-7H2,1-3H3. The number of piperidine rings is 1. The molecule has 0 aromatic heterocycles. The van der Waals surface area contributed by atoms with Gasteiger partial charge in [0, 0.05) is 13.7 Å². The van der Waals surface area contributed by atoms with Gasteiger partial charge in [-0.3, -0.25) is 0 Å². The number of nitrogens with zero attached hydrogens (tertiary/aromatic N) is 1. The summed E-state index contributed by atoms with van der Waals surface area (Å²) in [4.78, 5) is 2.35. The average molecular weight is 157 g/mol. The van der Waals surface area contributed by atoms with Crippen LogP contribution in [0.25, 0.3) is 0 Å². The van der Waals surface area contributed by atoms with Crippen molar-refractivity contribution in [3.05, 3.63) is 0 Å². The first-order chi connectivity index (χ1) is 5.27. The van der Waals surface area contributed by atoms with Crippen molar-refractivity contribution in [3.8, 4) is 0 Å². The maximum Gasteiger partial charge on any atom is 0.0726 e. The Morgan fingerprint density at radius 3 is 2.82 bits per heavy atom. The summed E-state index contributed by atoms with van der Waals surface area (Å²) < 4.78 is 5.42. The van der Waals surface area contributed by atoms with Gasteiger partial charge in [0.05, 0.1) is 6.10 Å². The Morgan fingerprint density at radius 1 is 1.55 bits per heavy atom. The second-order valence-electron chi connectivity index (χ2n) is 3.49. The fraction of sp³-hybridized carbons (Fsp3) is 1.00. The van der Waals surface area contributed by atoms with Gasteiger partial charge in [-0.05, 0) is 25.9 Å². The molecule has 1 rings (SSSR count). The fourth-order valence-corrected chi connectivity index (χ4v) is 1.85. The number of rotatable bonds is 2. The quantitative estimate of drug-likeness (QED) is 0.600. The van der Waals surface area contributed by atoms with Crippen molar-refractivity contribution < 1.29 is 4.74 Å². The largest absolute Gasteiger partial charge is 0.380 e. The van der Waals surface area contributed by atoms with E-state index in [9.17, 15) is 0 Å². The van der Waals surface area contributed by atoms with Crippen LogP contribution in [0.5, 0.6) is 0 Å². The van der Waals surface area contributed by atoms with Gasteiger partial charge in [0.2, 0.25) is 0 Å². The van der Waals surface area contributed by atoms with E-state index in [4.69, 9.17) is 4.74 Å². The molecule has 2 unspecified atom stereocenters. The van der Waals surface area contributed by atoms with Crippen molar-refractivity contribution in [2.24, 2.45) is 5.92 Å². The van der Waals surface area contributed by atoms with Crippen LogP contribution in [0.1, 0.15) is 19.8 Å². The summed E-state index contributed by atoms with van der Waals surface area (Å²) in [5.74, 6) is 0.788. The van der Waals surface area contributed by atoms with E-state index in [2.05, 4.69) is 18.9 Å². The van der Waals surface area contributed by atoms with Crippen LogP contribution in [-0.2, 0) is 4.74 Å². The first kappa shape index (κ1) is 9.01. The van der Waals surface area contributed by atoms with E-state index in [0.29, 0.717) is 6.10 Å². The molecule has 2 atom stereocenters. The highest BCUT2D eigenvalue weighted by molar-refractivity contribution is 4.78. The van der Waals surface area contributed by atoms with E-state index >= 15 is 0 Å². The van der Waals surface area contributed by atoms with E-state index in [1.54, 1.807) is 0 Å². The van der Waals surface area contributed by atoms with Crippen LogP contribution >= 0.6 is 0 Å². The van der Waals surface area contributed by atoms with Crippen LogP contribution in [-0.4, -0.2) is 38.3 Å². The molecule has 0 aliphatic carbocycles. The van der Waals surface area contributed by atoms with Gasteiger partial charge in [0.1, 0.15) is 0 Å². The van der Waals surface area contributed by atoms with Gasteiger partial charge in [-0.25, -0.2) is 0 Å². The zero-order chi connectivity index (χ0) is 8.27. The molecule has 1 aliphatic heterocycles. The lowest BCUT2D eigenvalue weighted by Gasteiger charge is -2.35. The molecule has 0 radical (unpaired) electrons. The molecule has 0 spiro atoms. The molecule has 0 aromatic carbocycles. The van der Waals surface area contributed by atoms with Crippen molar-refractivity contribution in [3.63, 3.8) is 0 Å². The molecular formula is C9H19NO. The molecule has 1 heterocycles. The van der Waals surface area contributed by atoms with Crippen LogP contribution in [0.2, 0.25) is 0 Å². The first-order valence-corrected chi connectivity index (χ1v) is 4.49. The van der Waals surface area contributed by atoms with Gasteiger partial charge < -0.3 is 9.64 Å². The molecule has 0 aromatic rings. The predicted octanol–water partition coefficient (Wildman–Crippen LogP) is 1.36. The molecule has 0 bridgehead atoms. The number of hydrogen-bond donors (Lipinski definition) is 0. The Labute approximate surface area is 69.5 Å². The van der Waals surface area contributed by atoms with Gasteiger partial charge in [-0.1, -0.05) is 13.3 Å². The SMILES string of the molecule is CCC1CCN(C)CC1OC. The normalized spacial score (nSPS) is 34.1. The molecule has 1 saturated heterocycles. The topological polar surface area (TPSA) is 12.5 Å². The second kappa shape index (κ2) is 4.07. The zero-order valence-corrected chi connectivity index (χ0v) is 7.84. The lowest BCUT2D eigenvalue weighted by molar-refractivity contribution is -0.00459. The third-order valence-corrected chi connectivity index (χ3v) is 2.73. The molecule has 0 amide bonds. The molecule has 2 heteroatoms. The van der Waals surface area contributed by atoms with E-state index < -0.39 is 0 Å². The van der Waals surface area contributed by atoms with Gasteiger partial charge >= 0.3 is 0 Å². The van der Waals surface area contributed by atoms with E-state index in [-0.39, 0.29) is 0 Å². The molecule has 1 aliphatic rings. The monoisotopic (exact) mass is 157 g/mol. The van der Waals surface area contributed by atoms with Crippen LogP contribution in [0.3, 0.4) is 0 Å². The highest BCUT2D eigenvalue weighted by Gasteiger charge is 2.25. The van der Waals surface area contributed by atoms with Crippen molar-refractivity contribution in [1.82, 2.24) is 4.90 Å². The lowest BCUT2D eigenvalue weighted by Crippen LogP contribution is -2.42. The predicted molar refractivity (Wildman–Crippen MR) is 46.7 cm³/mol. The minimum Gasteiger partial charge on any atom is -0.380 e. The first-order valence-electron chi connectivity index (χ1n) is 4.49. The molecule has 0 N–H and O–H groups in total. The fourth-order valence-electron chi connectivity index (χ4n) is 1.85. The summed E-state index contributed by atoms with van der Waals surface area (Å²) in [6.07, 6.45) is 3.02. The lowest BCUT2D eigenvalue weighted by atomic mass is 9.92. The molecule has 0 saturated carbocycles.